The monoisotopic (exact) mass is 354 g/mol. The number of aromatic nitrogens is 1. The van der Waals surface area contributed by atoms with Crippen molar-refractivity contribution in [3.8, 4) is 11.3 Å². The van der Waals surface area contributed by atoms with Crippen LogP contribution in [0.15, 0.2) is 66.9 Å². The first-order valence-corrected chi connectivity index (χ1v) is 7.97. The van der Waals surface area contributed by atoms with Crippen LogP contribution in [0.4, 0.5) is 8.78 Å². The zero-order chi connectivity index (χ0) is 18.5. The van der Waals surface area contributed by atoms with E-state index in [4.69, 9.17) is 0 Å². The zero-order valence-corrected chi connectivity index (χ0v) is 13.7. The van der Waals surface area contributed by atoms with Gasteiger partial charge in [0.15, 0.2) is 0 Å². The van der Waals surface area contributed by atoms with E-state index in [0.717, 1.165) is 0 Å². The van der Waals surface area contributed by atoms with E-state index < -0.39 is 17.8 Å². The first kappa shape index (κ1) is 17.7. The Balaban J connectivity index is 1.64. The molecule has 3 rings (SSSR count). The van der Waals surface area contributed by atoms with Gasteiger partial charge in [0.25, 0.3) is 5.91 Å². The van der Waals surface area contributed by atoms with Crippen LogP contribution in [-0.4, -0.2) is 22.5 Å². The average Bonchev–Trinajstić information content (AvgIpc) is 2.66. The lowest BCUT2D eigenvalue weighted by Crippen LogP contribution is -2.28. The third kappa shape index (κ3) is 4.10. The lowest BCUT2D eigenvalue weighted by atomic mass is 10.1. The van der Waals surface area contributed by atoms with Crippen LogP contribution in [0.25, 0.3) is 11.3 Å². The second kappa shape index (κ2) is 7.84. The lowest BCUT2D eigenvalue weighted by Gasteiger charge is -2.13. The van der Waals surface area contributed by atoms with Crippen molar-refractivity contribution in [3.05, 3.63) is 89.6 Å². The molecule has 1 amide bonds. The highest BCUT2D eigenvalue weighted by Gasteiger charge is 2.14. The van der Waals surface area contributed by atoms with Crippen LogP contribution in [-0.2, 0) is 0 Å². The summed E-state index contributed by atoms with van der Waals surface area (Å²) in [4.78, 5) is 16.3. The maximum atomic E-state index is 13.6. The molecule has 0 aliphatic rings. The predicted molar refractivity (Wildman–Crippen MR) is 93.3 cm³/mol. The molecular weight excluding hydrogens is 338 g/mol. The van der Waals surface area contributed by atoms with E-state index in [1.54, 1.807) is 30.3 Å². The molecule has 1 aromatic heterocycles. The van der Waals surface area contributed by atoms with E-state index in [2.05, 4.69) is 10.3 Å². The van der Waals surface area contributed by atoms with Crippen molar-refractivity contribution in [3.63, 3.8) is 0 Å². The lowest BCUT2D eigenvalue weighted by molar-refractivity contribution is 0.0913. The minimum Gasteiger partial charge on any atom is -0.386 e. The van der Waals surface area contributed by atoms with E-state index in [9.17, 15) is 18.7 Å². The molecule has 1 heterocycles. The van der Waals surface area contributed by atoms with Gasteiger partial charge in [-0.2, -0.15) is 0 Å². The molecule has 0 aliphatic carbocycles. The summed E-state index contributed by atoms with van der Waals surface area (Å²) in [6.07, 6.45) is 0.213. The summed E-state index contributed by atoms with van der Waals surface area (Å²) in [7, 11) is 0. The Labute approximate surface area is 149 Å². The fourth-order valence-electron chi connectivity index (χ4n) is 2.49. The van der Waals surface area contributed by atoms with Crippen LogP contribution in [0.3, 0.4) is 0 Å². The zero-order valence-electron chi connectivity index (χ0n) is 13.7. The summed E-state index contributed by atoms with van der Waals surface area (Å²) in [6.45, 7) is -0.134. The Morgan fingerprint density at radius 3 is 2.58 bits per heavy atom. The number of benzene rings is 2. The molecule has 3 aromatic rings. The molecule has 0 fully saturated rings. The molecule has 0 radical (unpaired) electrons. The van der Waals surface area contributed by atoms with E-state index in [1.807, 2.05) is 0 Å². The van der Waals surface area contributed by atoms with Gasteiger partial charge in [0.05, 0.1) is 17.4 Å². The van der Waals surface area contributed by atoms with Gasteiger partial charge in [0.2, 0.25) is 0 Å². The van der Waals surface area contributed by atoms with Crippen LogP contribution < -0.4 is 5.32 Å². The standard InChI is InChI=1S/C20H16F2N2O2/c21-15-5-3-4-13(10-15)18-9-8-14(11-23-18)20(26)24-12-19(25)16-6-1-2-7-17(16)22/h1-11,19,25H,12H2,(H,24,26). The number of aliphatic hydroxyl groups is 1. The second-order valence-electron chi connectivity index (χ2n) is 5.69. The van der Waals surface area contributed by atoms with Gasteiger partial charge in [0, 0.05) is 23.9 Å². The summed E-state index contributed by atoms with van der Waals surface area (Å²) in [5.74, 6) is -1.35. The molecule has 132 valence electrons. The minimum atomic E-state index is -1.15. The Morgan fingerprint density at radius 2 is 1.88 bits per heavy atom. The largest absolute Gasteiger partial charge is 0.386 e. The molecular formula is C20H16F2N2O2. The van der Waals surface area contributed by atoms with Crippen molar-refractivity contribution < 1.29 is 18.7 Å². The molecule has 2 aromatic carbocycles. The van der Waals surface area contributed by atoms with Gasteiger partial charge in [0.1, 0.15) is 11.6 Å². The van der Waals surface area contributed by atoms with Gasteiger partial charge in [-0.3, -0.25) is 9.78 Å². The van der Waals surface area contributed by atoms with Crippen molar-refractivity contribution in [2.45, 2.75) is 6.10 Å². The molecule has 0 saturated carbocycles. The highest BCUT2D eigenvalue weighted by Crippen LogP contribution is 2.18. The number of amides is 1. The summed E-state index contributed by atoms with van der Waals surface area (Å²) in [5.41, 5.74) is 1.54. The Hall–Kier alpha value is -3.12. The number of nitrogens with zero attached hydrogens (tertiary/aromatic N) is 1. The van der Waals surface area contributed by atoms with Crippen LogP contribution in [0.5, 0.6) is 0 Å². The highest BCUT2D eigenvalue weighted by atomic mass is 19.1. The first-order valence-electron chi connectivity index (χ1n) is 7.97. The smallest absolute Gasteiger partial charge is 0.252 e. The normalized spacial score (nSPS) is 11.8. The maximum absolute atomic E-state index is 13.6. The molecule has 4 nitrogen and oxygen atoms in total. The van der Waals surface area contributed by atoms with Crippen molar-refractivity contribution >= 4 is 5.91 Å². The Morgan fingerprint density at radius 1 is 1.08 bits per heavy atom. The van der Waals surface area contributed by atoms with E-state index in [1.165, 1.54) is 36.5 Å². The second-order valence-corrected chi connectivity index (χ2v) is 5.69. The number of pyridine rings is 1. The maximum Gasteiger partial charge on any atom is 0.252 e. The highest BCUT2D eigenvalue weighted by molar-refractivity contribution is 5.94. The van der Waals surface area contributed by atoms with Crippen LogP contribution in [0.1, 0.15) is 22.0 Å². The molecule has 2 N–H and O–H groups in total. The summed E-state index contributed by atoms with van der Waals surface area (Å²) in [5, 5.41) is 12.5. The fraction of sp³-hybridized carbons (Fsp3) is 0.100. The van der Waals surface area contributed by atoms with Gasteiger partial charge in [-0.05, 0) is 30.3 Å². The summed E-state index contributed by atoms with van der Waals surface area (Å²) < 4.78 is 26.9. The number of aliphatic hydroxyl groups excluding tert-OH is 1. The third-order valence-corrected chi connectivity index (χ3v) is 3.87. The molecule has 0 spiro atoms. The minimum absolute atomic E-state index is 0.118. The SMILES string of the molecule is O=C(NCC(O)c1ccccc1F)c1ccc(-c2cccc(F)c2)nc1. The topological polar surface area (TPSA) is 62.2 Å². The quantitative estimate of drug-likeness (QED) is 0.737. The average molecular weight is 354 g/mol. The van der Waals surface area contributed by atoms with E-state index in [-0.39, 0.29) is 23.5 Å². The van der Waals surface area contributed by atoms with Crippen LogP contribution in [0, 0.1) is 11.6 Å². The number of halogens is 2. The molecule has 1 atom stereocenters. The number of carbonyl (C=O) groups excluding carboxylic acids is 1. The van der Waals surface area contributed by atoms with Crippen molar-refractivity contribution in [1.29, 1.82) is 0 Å². The van der Waals surface area contributed by atoms with Gasteiger partial charge in [-0.15, -0.1) is 0 Å². The molecule has 0 aliphatic heterocycles. The number of hydrogen-bond donors (Lipinski definition) is 2. The number of hydrogen-bond acceptors (Lipinski definition) is 3. The number of nitrogens with one attached hydrogen (secondary N) is 1. The van der Waals surface area contributed by atoms with Gasteiger partial charge in [-0.1, -0.05) is 30.3 Å². The van der Waals surface area contributed by atoms with Gasteiger partial charge in [-0.25, -0.2) is 8.78 Å². The van der Waals surface area contributed by atoms with Crippen molar-refractivity contribution in [2.75, 3.05) is 6.54 Å². The van der Waals surface area contributed by atoms with Crippen molar-refractivity contribution in [1.82, 2.24) is 10.3 Å². The Kier molecular flexibility index (Phi) is 5.34. The molecule has 0 bridgehead atoms. The molecule has 6 heteroatoms. The van der Waals surface area contributed by atoms with E-state index >= 15 is 0 Å². The molecule has 1 unspecified atom stereocenters. The molecule has 0 saturated heterocycles. The van der Waals surface area contributed by atoms with Crippen molar-refractivity contribution in [2.24, 2.45) is 0 Å². The molecule has 26 heavy (non-hydrogen) atoms. The first-order chi connectivity index (χ1) is 12.5. The third-order valence-electron chi connectivity index (χ3n) is 3.87. The van der Waals surface area contributed by atoms with Gasteiger partial charge >= 0.3 is 0 Å². The Bertz CT molecular complexity index is 914. The van der Waals surface area contributed by atoms with Gasteiger partial charge < -0.3 is 10.4 Å². The van der Waals surface area contributed by atoms with Crippen LogP contribution in [0.2, 0.25) is 0 Å². The summed E-state index contributed by atoms with van der Waals surface area (Å²) in [6, 6.07) is 15.0. The number of rotatable bonds is 5. The van der Waals surface area contributed by atoms with E-state index in [0.29, 0.717) is 11.3 Å². The fourth-order valence-corrected chi connectivity index (χ4v) is 2.49. The number of carbonyl (C=O) groups is 1. The predicted octanol–water partition coefficient (Wildman–Crippen LogP) is 3.49. The van der Waals surface area contributed by atoms with Crippen LogP contribution >= 0.6 is 0 Å². The summed E-state index contributed by atoms with van der Waals surface area (Å²) >= 11 is 0.